The third-order valence-corrected chi connectivity index (χ3v) is 3.04. The van der Waals surface area contributed by atoms with Gasteiger partial charge >= 0.3 is 17.8 Å². The molecule has 9 heteroatoms. The lowest BCUT2D eigenvalue weighted by molar-refractivity contribution is -0.747. The Bertz CT molecular complexity index is 369. The molecule has 1 aliphatic rings. The molecule has 0 aromatic heterocycles. The predicted octanol–water partition coefficient (Wildman–Crippen LogP) is -0.703. The van der Waals surface area contributed by atoms with Crippen molar-refractivity contribution < 1.29 is 37.6 Å². The van der Waals surface area contributed by atoms with Crippen LogP contribution in [0, 0.1) is 0 Å². The summed E-state index contributed by atoms with van der Waals surface area (Å²) in [5.41, 5.74) is -3.14. The van der Waals surface area contributed by atoms with Crippen LogP contribution >= 0.6 is 0 Å². The number of methoxy groups -OCH3 is 1. The van der Waals surface area contributed by atoms with E-state index in [4.69, 9.17) is 4.74 Å². The summed E-state index contributed by atoms with van der Waals surface area (Å²) in [5.74, 6) is -2.55. The highest BCUT2D eigenvalue weighted by Crippen LogP contribution is 2.26. The summed E-state index contributed by atoms with van der Waals surface area (Å²) in [5, 5.41) is 2.38. The molecular formula is C11H18F3N2O4+. The van der Waals surface area contributed by atoms with E-state index in [1.165, 1.54) is 0 Å². The fourth-order valence-electron chi connectivity index (χ4n) is 2.06. The van der Waals surface area contributed by atoms with Crippen LogP contribution in [0.5, 0.6) is 0 Å². The predicted molar refractivity (Wildman–Crippen MR) is 60.4 cm³/mol. The molecule has 2 atom stereocenters. The number of hydrogen-bond donors (Lipinski definition) is 2. The Balaban J connectivity index is 2.94. The van der Waals surface area contributed by atoms with E-state index in [0.29, 0.717) is 13.0 Å². The molecule has 0 aromatic rings. The highest BCUT2D eigenvalue weighted by Gasteiger charge is 2.67. The Hall–Kier alpha value is -1.35. The van der Waals surface area contributed by atoms with Crippen molar-refractivity contribution in [2.24, 2.45) is 0 Å². The van der Waals surface area contributed by atoms with Crippen LogP contribution in [0.1, 0.15) is 19.8 Å². The number of nitrogens with two attached hydrogens (primary N) is 1. The first-order valence-corrected chi connectivity index (χ1v) is 6.13. The number of carbonyl (C=O) groups excluding carboxylic acids is 2. The minimum Gasteiger partial charge on any atom is -0.463 e. The highest BCUT2D eigenvalue weighted by atomic mass is 19.4. The monoisotopic (exact) mass is 299 g/mol. The second-order valence-corrected chi connectivity index (χ2v) is 4.55. The van der Waals surface area contributed by atoms with Crippen LogP contribution in [-0.2, 0) is 19.1 Å². The summed E-state index contributed by atoms with van der Waals surface area (Å²) in [6.45, 7) is 1.29. The van der Waals surface area contributed by atoms with Gasteiger partial charge in [-0.2, -0.15) is 13.2 Å². The van der Waals surface area contributed by atoms with Crippen molar-refractivity contribution in [1.29, 1.82) is 0 Å². The van der Waals surface area contributed by atoms with Gasteiger partial charge < -0.3 is 14.8 Å². The Morgan fingerprint density at radius 1 is 1.45 bits per heavy atom. The zero-order valence-corrected chi connectivity index (χ0v) is 11.3. The van der Waals surface area contributed by atoms with Gasteiger partial charge in [0.15, 0.2) is 0 Å². The van der Waals surface area contributed by atoms with Crippen LogP contribution in [0.2, 0.25) is 0 Å². The van der Waals surface area contributed by atoms with Gasteiger partial charge in [-0.05, 0) is 12.8 Å². The van der Waals surface area contributed by atoms with Gasteiger partial charge in [0.25, 0.3) is 0 Å². The standard InChI is InChI=1S/C11H17F3N2O4/c1-7(17)16-10(9(18)19-2,11(12,13)14)15-6-8-4-3-5-20-8/h8,15H,3-6H2,1-2H3,(H,16,17)/p+1/t8-,10-/m1/s1. The minimum absolute atomic E-state index is 0.102. The van der Waals surface area contributed by atoms with E-state index >= 15 is 0 Å². The van der Waals surface area contributed by atoms with E-state index in [2.05, 4.69) is 4.74 Å². The molecule has 3 N–H and O–H groups in total. The lowest BCUT2D eigenvalue weighted by atomic mass is 10.1. The number of esters is 1. The van der Waals surface area contributed by atoms with Gasteiger partial charge in [-0.25, -0.2) is 4.79 Å². The van der Waals surface area contributed by atoms with Gasteiger partial charge in [0.1, 0.15) is 12.6 Å². The SMILES string of the molecule is COC(=O)[C@](NC(C)=O)([NH2+]C[C@H]1CCCO1)C(F)(F)F. The fourth-order valence-corrected chi connectivity index (χ4v) is 2.06. The maximum atomic E-state index is 13.3. The Labute approximate surface area is 114 Å². The summed E-state index contributed by atoms with van der Waals surface area (Å²) in [4.78, 5) is 22.6. The van der Waals surface area contributed by atoms with Gasteiger partial charge in [-0.15, -0.1) is 0 Å². The summed E-state index contributed by atoms with van der Waals surface area (Å²) >= 11 is 0. The van der Waals surface area contributed by atoms with E-state index in [1.807, 2.05) is 0 Å². The van der Waals surface area contributed by atoms with Crippen molar-refractivity contribution in [2.45, 2.75) is 37.7 Å². The number of alkyl halides is 3. The average molecular weight is 299 g/mol. The molecule has 1 fully saturated rings. The molecule has 1 aliphatic heterocycles. The van der Waals surface area contributed by atoms with Gasteiger partial charge in [-0.3, -0.25) is 10.1 Å². The zero-order chi connectivity index (χ0) is 15.4. The normalized spacial score (nSPS) is 22.1. The van der Waals surface area contributed by atoms with Crippen molar-refractivity contribution in [3.8, 4) is 0 Å². The maximum absolute atomic E-state index is 13.3. The lowest BCUT2D eigenvalue weighted by Gasteiger charge is -2.31. The van der Waals surface area contributed by atoms with E-state index in [-0.39, 0.29) is 12.6 Å². The summed E-state index contributed by atoms with van der Waals surface area (Å²) < 4.78 is 49.2. The summed E-state index contributed by atoms with van der Waals surface area (Å²) in [6, 6.07) is 0. The van der Waals surface area contributed by atoms with Crippen molar-refractivity contribution in [2.75, 3.05) is 20.3 Å². The molecule has 1 heterocycles. The van der Waals surface area contributed by atoms with Crippen molar-refractivity contribution in [1.82, 2.24) is 5.32 Å². The molecule has 0 radical (unpaired) electrons. The quantitative estimate of drug-likeness (QED) is 0.519. The number of halogens is 3. The number of ether oxygens (including phenoxy) is 2. The second-order valence-electron chi connectivity index (χ2n) is 4.55. The number of carbonyl (C=O) groups is 2. The first-order valence-electron chi connectivity index (χ1n) is 6.13. The Morgan fingerprint density at radius 2 is 2.10 bits per heavy atom. The molecule has 0 aliphatic carbocycles. The molecule has 1 rings (SSSR count). The topological polar surface area (TPSA) is 81.2 Å². The number of amides is 1. The molecule has 0 unspecified atom stereocenters. The van der Waals surface area contributed by atoms with Crippen molar-refractivity contribution in [3.05, 3.63) is 0 Å². The summed E-state index contributed by atoms with van der Waals surface area (Å²) in [6.07, 6.45) is -4.00. The van der Waals surface area contributed by atoms with Crippen LogP contribution in [0.25, 0.3) is 0 Å². The van der Waals surface area contributed by atoms with Gasteiger partial charge in [0.05, 0.1) is 7.11 Å². The van der Waals surface area contributed by atoms with Crippen molar-refractivity contribution in [3.63, 3.8) is 0 Å². The minimum atomic E-state index is -5.00. The smallest absolute Gasteiger partial charge is 0.463 e. The van der Waals surface area contributed by atoms with E-state index in [0.717, 1.165) is 25.8 Å². The molecule has 1 saturated heterocycles. The van der Waals surface area contributed by atoms with Gasteiger partial charge in [-0.1, -0.05) is 0 Å². The number of hydrogen-bond acceptors (Lipinski definition) is 4. The third kappa shape index (κ3) is 3.60. The molecule has 20 heavy (non-hydrogen) atoms. The van der Waals surface area contributed by atoms with Crippen LogP contribution in [0.3, 0.4) is 0 Å². The first kappa shape index (κ1) is 16.7. The van der Waals surface area contributed by atoms with E-state index in [1.54, 1.807) is 5.32 Å². The molecule has 0 aromatic carbocycles. The average Bonchev–Trinajstić information content (AvgIpc) is 2.84. The van der Waals surface area contributed by atoms with Gasteiger partial charge in [0.2, 0.25) is 5.91 Å². The van der Waals surface area contributed by atoms with E-state index < -0.39 is 23.7 Å². The Kier molecular flexibility index (Phi) is 5.35. The maximum Gasteiger partial charge on any atom is 0.478 e. The van der Waals surface area contributed by atoms with Crippen LogP contribution in [-0.4, -0.2) is 50.1 Å². The largest absolute Gasteiger partial charge is 0.478 e. The molecule has 116 valence electrons. The molecule has 0 spiro atoms. The lowest BCUT2D eigenvalue weighted by Crippen LogP contribution is -3.07. The number of rotatable bonds is 5. The van der Waals surface area contributed by atoms with Gasteiger partial charge in [0, 0.05) is 13.5 Å². The summed E-state index contributed by atoms with van der Waals surface area (Å²) in [7, 11) is 0.838. The Morgan fingerprint density at radius 3 is 2.50 bits per heavy atom. The first-order chi connectivity index (χ1) is 9.23. The number of quaternary nitrogens is 1. The molecular weight excluding hydrogens is 281 g/mol. The molecule has 6 nitrogen and oxygen atoms in total. The molecule has 0 bridgehead atoms. The van der Waals surface area contributed by atoms with E-state index in [9.17, 15) is 22.8 Å². The molecule has 1 amide bonds. The zero-order valence-electron chi connectivity index (χ0n) is 11.3. The number of nitrogens with one attached hydrogen (secondary N) is 1. The van der Waals surface area contributed by atoms with Crippen molar-refractivity contribution >= 4 is 11.9 Å². The van der Waals surface area contributed by atoms with Crippen LogP contribution in [0.4, 0.5) is 13.2 Å². The van der Waals surface area contributed by atoms with Crippen LogP contribution < -0.4 is 10.6 Å². The highest BCUT2D eigenvalue weighted by molar-refractivity contribution is 5.86. The molecule has 0 saturated carbocycles. The third-order valence-electron chi connectivity index (χ3n) is 3.04. The second kappa shape index (κ2) is 6.40. The van der Waals surface area contributed by atoms with Crippen LogP contribution in [0.15, 0.2) is 0 Å². The fraction of sp³-hybridized carbons (Fsp3) is 0.818.